The molecule has 12 nitrogen and oxygen atoms in total. The second kappa shape index (κ2) is 14.3. The molecular formula is C26H42N6O6. The smallest absolute Gasteiger partial charge is 0.336 e. The maximum absolute atomic E-state index is 13.5. The number of phenols is 1. The number of nitrogens with two attached hydrogens (primary N) is 2. The van der Waals surface area contributed by atoms with Gasteiger partial charge < -0.3 is 42.1 Å². The first kappa shape index (κ1) is 32.4. The van der Waals surface area contributed by atoms with Crippen LogP contribution in [0.4, 0.5) is 0 Å². The van der Waals surface area contributed by atoms with Gasteiger partial charge in [-0.05, 0) is 63.6 Å². The first-order chi connectivity index (χ1) is 17.6. The van der Waals surface area contributed by atoms with Gasteiger partial charge >= 0.3 is 5.97 Å². The van der Waals surface area contributed by atoms with Crippen molar-refractivity contribution in [2.24, 2.45) is 17.4 Å². The number of hydrogen-bond acceptors (Lipinski definition) is 8. The minimum Gasteiger partial charge on any atom is -0.508 e. The predicted molar refractivity (Wildman–Crippen MR) is 143 cm³/mol. The third kappa shape index (κ3) is 11.2. The largest absolute Gasteiger partial charge is 0.508 e. The van der Waals surface area contributed by atoms with Gasteiger partial charge in [0.15, 0.2) is 11.5 Å². The number of hydrogen-bond donors (Lipinski definition) is 7. The van der Waals surface area contributed by atoms with Crippen LogP contribution < -0.4 is 27.4 Å². The number of ether oxygens (including phenoxy) is 1. The van der Waals surface area contributed by atoms with Gasteiger partial charge in [-0.1, -0.05) is 26.0 Å². The SMILES string of the molecule is CC(C)C[C@](N)(C(=O)N[C@@H](Cc1ccc(O)cc1)C(=O)N[C@H](C=O)CCCNC(=N)N)C(=O)OC(C)(C)C. The Kier molecular flexibility index (Phi) is 12.2. The first-order valence-electron chi connectivity index (χ1n) is 12.5. The van der Waals surface area contributed by atoms with Crippen LogP contribution >= 0.6 is 0 Å². The number of amides is 2. The molecule has 1 aromatic rings. The summed E-state index contributed by atoms with van der Waals surface area (Å²) in [5, 5.41) is 24.6. The van der Waals surface area contributed by atoms with Crippen molar-refractivity contribution in [3.05, 3.63) is 29.8 Å². The summed E-state index contributed by atoms with van der Waals surface area (Å²) >= 11 is 0. The molecule has 38 heavy (non-hydrogen) atoms. The molecular weight excluding hydrogens is 492 g/mol. The lowest BCUT2D eigenvalue weighted by Crippen LogP contribution is -2.65. The number of guanidine groups is 1. The van der Waals surface area contributed by atoms with Crippen molar-refractivity contribution < 1.29 is 29.0 Å². The lowest BCUT2D eigenvalue weighted by Gasteiger charge is -2.32. The van der Waals surface area contributed by atoms with Crippen LogP contribution in [0.15, 0.2) is 24.3 Å². The maximum Gasteiger partial charge on any atom is 0.336 e. The van der Waals surface area contributed by atoms with Crippen LogP contribution in [0.5, 0.6) is 5.75 Å². The summed E-state index contributed by atoms with van der Waals surface area (Å²) in [4.78, 5) is 51.3. The zero-order valence-corrected chi connectivity index (χ0v) is 22.8. The fraction of sp³-hybridized carbons (Fsp3) is 0.577. The van der Waals surface area contributed by atoms with Crippen LogP contribution in [0, 0.1) is 11.3 Å². The van der Waals surface area contributed by atoms with E-state index in [2.05, 4.69) is 16.0 Å². The molecule has 1 aromatic carbocycles. The minimum absolute atomic E-state index is 0.00139. The van der Waals surface area contributed by atoms with Crippen LogP contribution in [-0.2, 0) is 30.3 Å². The lowest BCUT2D eigenvalue weighted by atomic mass is 9.88. The Morgan fingerprint density at radius 1 is 1.13 bits per heavy atom. The molecule has 0 aromatic heterocycles. The summed E-state index contributed by atoms with van der Waals surface area (Å²) in [6.45, 7) is 8.91. The Balaban J connectivity index is 3.18. The molecule has 12 heteroatoms. The summed E-state index contributed by atoms with van der Waals surface area (Å²) in [5.41, 5.74) is 9.25. The van der Waals surface area contributed by atoms with Crippen LogP contribution in [-0.4, -0.2) is 64.9 Å². The van der Waals surface area contributed by atoms with Crippen LogP contribution in [0.2, 0.25) is 0 Å². The molecule has 0 saturated heterocycles. The van der Waals surface area contributed by atoms with Gasteiger partial charge in [-0.3, -0.25) is 15.0 Å². The van der Waals surface area contributed by atoms with Crippen molar-refractivity contribution in [3.63, 3.8) is 0 Å². The predicted octanol–water partition coefficient (Wildman–Crippen LogP) is 0.452. The molecule has 0 radical (unpaired) electrons. The lowest BCUT2D eigenvalue weighted by molar-refractivity contribution is -0.165. The van der Waals surface area contributed by atoms with Crippen molar-refractivity contribution >= 4 is 30.0 Å². The highest BCUT2D eigenvalue weighted by molar-refractivity contribution is 6.08. The van der Waals surface area contributed by atoms with E-state index < -0.39 is 41.0 Å². The van der Waals surface area contributed by atoms with Gasteiger partial charge in [-0.2, -0.15) is 0 Å². The minimum atomic E-state index is -2.06. The molecule has 0 fully saturated rings. The van der Waals surface area contributed by atoms with Crippen molar-refractivity contribution in [3.8, 4) is 5.75 Å². The number of nitrogens with one attached hydrogen (secondary N) is 4. The molecule has 0 bridgehead atoms. The van der Waals surface area contributed by atoms with Crippen LogP contribution in [0.1, 0.15) is 59.4 Å². The maximum atomic E-state index is 13.5. The molecule has 3 atom stereocenters. The highest BCUT2D eigenvalue weighted by Gasteiger charge is 2.46. The molecule has 0 heterocycles. The molecule has 2 amide bonds. The van der Waals surface area contributed by atoms with Gasteiger partial charge in [0.2, 0.25) is 5.91 Å². The molecule has 0 unspecified atom stereocenters. The number of carbonyl (C=O) groups excluding carboxylic acids is 4. The Labute approximate surface area is 223 Å². The van der Waals surface area contributed by atoms with Crippen molar-refractivity contribution in [2.75, 3.05) is 6.54 Å². The van der Waals surface area contributed by atoms with E-state index in [0.717, 1.165) is 0 Å². The summed E-state index contributed by atoms with van der Waals surface area (Å²) in [6, 6.07) is 4.00. The van der Waals surface area contributed by atoms with Crippen molar-refractivity contribution in [1.29, 1.82) is 5.41 Å². The second-order valence-corrected chi connectivity index (χ2v) is 10.7. The Bertz CT molecular complexity index is 975. The second-order valence-electron chi connectivity index (χ2n) is 10.7. The topological polar surface area (TPSA) is 210 Å². The van der Waals surface area contributed by atoms with Crippen molar-refractivity contribution in [1.82, 2.24) is 16.0 Å². The number of esters is 1. The molecule has 0 spiro atoms. The molecule has 0 aliphatic heterocycles. The normalized spacial score (nSPS) is 14.5. The Morgan fingerprint density at radius 2 is 1.74 bits per heavy atom. The van der Waals surface area contributed by atoms with E-state index in [1.807, 2.05) is 0 Å². The van der Waals surface area contributed by atoms with E-state index in [9.17, 15) is 24.3 Å². The van der Waals surface area contributed by atoms with Gasteiger partial charge in [-0.25, -0.2) is 4.79 Å². The molecule has 1 rings (SSSR count). The number of aldehydes is 1. The fourth-order valence-electron chi connectivity index (χ4n) is 3.65. The molecule has 0 aliphatic rings. The molecule has 9 N–H and O–H groups in total. The molecule has 0 saturated carbocycles. The number of carbonyl (C=O) groups is 4. The van der Waals surface area contributed by atoms with Gasteiger partial charge in [0, 0.05) is 13.0 Å². The van der Waals surface area contributed by atoms with Gasteiger partial charge in [-0.15, -0.1) is 0 Å². The summed E-state index contributed by atoms with van der Waals surface area (Å²) < 4.78 is 5.42. The van der Waals surface area contributed by atoms with Crippen LogP contribution in [0.3, 0.4) is 0 Å². The number of rotatable bonds is 14. The average molecular weight is 535 g/mol. The molecule has 212 valence electrons. The number of aromatic hydroxyl groups is 1. The quantitative estimate of drug-likeness (QED) is 0.0440. The Hall–Kier alpha value is -3.67. The van der Waals surface area contributed by atoms with E-state index in [0.29, 0.717) is 24.8 Å². The summed E-state index contributed by atoms with van der Waals surface area (Å²) in [7, 11) is 0. The standard InChI is InChI=1S/C26H42N6O6/c1-16(2)14-26(29,23(37)38-25(3,4)5)22(36)32-20(13-17-8-10-19(34)11-9-17)21(35)31-18(15-33)7-6-12-30-24(27)28/h8-11,15-16,18,20,34H,6-7,12-14,29H2,1-5H3,(H,31,35)(H,32,36)(H4,27,28,30)/t18-,20-,26-/m0/s1. The van der Waals surface area contributed by atoms with Gasteiger partial charge in [0.25, 0.3) is 5.91 Å². The third-order valence-electron chi connectivity index (χ3n) is 5.40. The Morgan fingerprint density at radius 3 is 2.24 bits per heavy atom. The highest BCUT2D eigenvalue weighted by atomic mass is 16.6. The van der Waals surface area contributed by atoms with E-state index in [1.54, 1.807) is 46.8 Å². The van der Waals surface area contributed by atoms with Crippen molar-refractivity contribution in [2.45, 2.75) is 83.5 Å². The van der Waals surface area contributed by atoms with E-state index in [4.69, 9.17) is 21.6 Å². The third-order valence-corrected chi connectivity index (χ3v) is 5.40. The highest BCUT2D eigenvalue weighted by Crippen LogP contribution is 2.21. The van der Waals surface area contributed by atoms with Gasteiger partial charge in [0.05, 0.1) is 6.04 Å². The van der Waals surface area contributed by atoms with E-state index in [1.165, 1.54) is 12.1 Å². The molecule has 0 aliphatic carbocycles. The summed E-state index contributed by atoms with van der Waals surface area (Å²) in [6.07, 6.45) is 1.26. The zero-order chi connectivity index (χ0) is 29.1. The first-order valence-corrected chi connectivity index (χ1v) is 12.5. The monoisotopic (exact) mass is 534 g/mol. The number of phenolic OH excluding ortho intramolecular Hbond substituents is 1. The number of benzene rings is 1. The summed E-state index contributed by atoms with van der Waals surface area (Å²) in [5.74, 6) is -2.77. The zero-order valence-electron chi connectivity index (χ0n) is 22.8. The van der Waals surface area contributed by atoms with Crippen LogP contribution in [0.25, 0.3) is 0 Å². The van der Waals surface area contributed by atoms with E-state index >= 15 is 0 Å². The van der Waals surface area contributed by atoms with Gasteiger partial charge in [0.1, 0.15) is 23.7 Å². The fourth-order valence-corrected chi connectivity index (χ4v) is 3.65. The van der Waals surface area contributed by atoms with E-state index in [-0.39, 0.29) is 36.9 Å². The average Bonchev–Trinajstić information content (AvgIpc) is 2.79.